The molecule has 4 nitrogen and oxygen atoms in total. The van der Waals surface area contributed by atoms with Crippen molar-refractivity contribution in [1.82, 2.24) is 4.90 Å². The summed E-state index contributed by atoms with van der Waals surface area (Å²) in [5, 5.41) is 3.13. The van der Waals surface area contributed by atoms with E-state index < -0.39 is 0 Å². The molecule has 0 fully saturated rings. The van der Waals surface area contributed by atoms with E-state index >= 15 is 0 Å². The number of nitrogens with two attached hydrogens (primary N) is 1. The summed E-state index contributed by atoms with van der Waals surface area (Å²) in [6.07, 6.45) is 0. The molecule has 0 unspecified atom stereocenters. The van der Waals surface area contributed by atoms with Crippen molar-refractivity contribution >= 4 is 17.3 Å². The Morgan fingerprint density at radius 1 is 1.35 bits per heavy atom. The van der Waals surface area contributed by atoms with Crippen molar-refractivity contribution in [3.8, 4) is 0 Å². The summed E-state index contributed by atoms with van der Waals surface area (Å²) in [7, 11) is 0. The zero-order valence-electron chi connectivity index (χ0n) is 10.8. The first kappa shape index (κ1) is 13.4. The number of nitrogens with zero attached hydrogens (tertiary/aromatic N) is 1. The van der Waals surface area contributed by atoms with E-state index in [9.17, 15) is 4.79 Å². The number of aryl methyl sites for hydroxylation is 1. The van der Waals surface area contributed by atoms with Crippen molar-refractivity contribution < 1.29 is 4.79 Å². The maximum atomic E-state index is 11.8. The fourth-order valence-electron chi connectivity index (χ4n) is 1.69. The second-order valence-corrected chi connectivity index (χ2v) is 3.99. The number of carbonyl (C=O) groups is 1. The molecule has 0 aliphatic heterocycles. The molecule has 3 N–H and O–H groups in total. The molecular weight excluding hydrogens is 214 g/mol. The van der Waals surface area contributed by atoms with Gasteiger partial charge in [0.15, 0.2) is 0 Å². The van der Waals surface area contributed by atoms with Gasteiger partial charge in [0.2, 0.25) is 5.91 Å². The molecule has 0 spiro atoms. The van der Waals surface area contributed by atoms with Crippen LogP contribution in [0.2, 0.25) is 0 Å². The minimum atomic E-state index is 0.108. The lowest BCUT2D eigenvalue weighted by Gasteiger charge is -2.19. The average Bonchev–Trinajstić information content (AvgIpc) is 2.32. The van der Waals surface area contributed by atoms with E-state index in [1.165, 1.54) is 0 Å². The summed E-state index contributed by atoms with van der Waals surface area (Å²) in [4.78, 5) is 13.6. The van der Waals surface area contributed by atoms with Gasteiger partial charge in [-0.25, -0.2) is 0 Å². The summed E-state index contributed by atoms with van der Waals surface area (Å²) in [6.45, 7) is 7.75. The molecule has 17 heavy (non-hydrogen) atoms. The quantitative estimate of drug-likeness (QED) is 0.766. The van der Waals surface area contributed by atoms with Gasteiger partial charge in [0, 0.05) is 24.5 Å². The van der Waals surface area contributed by atoms with Crippen LogP contribution in [-0.4, -0.2) is 30.4 Å². The average molecular weight is 235 g/mol. The molecule has 0 aliphatic carbocycles. The first-order valence-corrected chi connectivity index (χ1v) is 5.96. The normalized spacial score (nSPS) is 10.1. The van der Waals surface area contributed by atoms with Crippen molar-refractivity contribution in [3.05, 3.63) is 23.8 Å². The molecule has 0 saturated carbocycles. The topological polar surface area (TPSA) is 58.4 Å². The van der Waals surface area contributed by atoms with Gasteiger partial charge in [-0.1, -0.05) is 6.07 Å². The lowest BCUT2D eigenvalue weighted by Crippen LogP contribution is -2.35. The Labute approximate surface area is 103 Å². The number of hydrogen-bond donors (Lipinski definition) is 2. The standard InChI is InChI=1S/C13H21N3O/c1-4-16(5-2)13(17)9-15-12-8-11(14)7-6-10(12)3/h6-8,15H,4-5,9,14H2,1-3H3. The minimum absolute atomic E-state index is 0.108. The zero-order valence-corrected chi connectivity index (χ0v) is 10.8. The molecule has 0 aliphatic rings. The number of likely N-dealkylation sites (N-methyl/N-ethyl adjacent to an activating group) is 1. The molecule has 1 amide bonds. The zero-order chi connectivity index (χ0) is 12.8. The second kappa shape index (κ2) is 6.13. The number of nitrogen functional groups attached to an aromatic ring is 1. The van der Waals surface area contributed by atoms with E-state index in [-0.39, 0.29) is 5.91 Å². The predicted molar refractivity (Wildman–Crippen MR) is 72.0 cm³/mol. The molecule has 0 bridgehead atoms. The van der Waals surface area contributed by atoms with Crippen LogP contribution in [0.5, 0.6) is 0 Å². The Balaban J connectivity index is 2.61. The van der Waals surface area contributed by atoms with Gasteiger partial charge in [-0.3, -0.25) is 4.79 Å². The van der Waals surface area contributed by atoms with Crippen LogP contribution in [0.3, 0.4) is 0 Å². The monoisotopic (exact) mass is 235 g/mol. The van der Waals surface area contributed by atoms with Crippen molar-refractivity contribution in [1.29, 1.82) is 0 Å². The van der Waals surface area contributed by atoms with Gasteiger partial charge in [0.05, 0.1) is 6.54 Å². The van der Waals surface area contributed by atoms with E-state index in [1.807, 2.05) is 39.0 Å². The van der Waals surface area contributed by atoms with E-state index in [0.29, 0.717) is 12.2 Å². The van der Waals surface area contributed by atoms with Crippen LogP contribution in [0.1, 0.15) is 19.4 Å². The molecule has 1 rings (SSSR count). The first-order chi connectivity index (χ1) is 8.08. The number of carbonyl (C=O) groups excluding carboxylic acids is 1. The largest absolute Gasteiger partial charge is 0.399 e. The van der Waals surface area contributed by atoms with Crippen molar-refractivity contribution in [2.45, 2.75) is 20.8 Å². The van der Waals surface area contributed by atoms with Crippen LogP contribution in [0.15, 0.2) is 18.2 Å². The van der Waals surface area contributed by atoms with Gasteiger partial charge in [-0.05, 0) is 38.5 Å². The highest BCUT2D eigenvalue weighted by atomic mass is 16.2. The van der Waals surface area contributed by atoms with Crippen LogP contribution < -0.4 is 11.1 Å². The Bertz CT molecular complexity index is 386. The Morgan fingerprint density at radius 2 is 2.00 bits per heavy atom. The number of rotatable bonds is 5. The van der Waals surface area contributed by atoms with Crippen molar-refractivity contribution in [3.63, 3.8) is 0 Å². The molecule has 1 aromatic rings. The van der Waals surface area contributed by atoms with Gasteiger partial charge < -0.3 is 16.0 Å². The van der Waals surface area contributed by atoms with E-state index in [0.717, 1.165) is 24.3 Å². The fraction of sp³-hybridized carbons (Fsp3) is 0.462. The van der Waals surface area contributed by atoms with E-state index in [2.05, 4.69) is 5.32 Å². The fourth-order valence-corrected chi connectivity index (χ4v) is 1.69. The maximum absolute atomic E-state index is 11.8. The number of amides is 1. The summed E-state index contributed by atoms with van der Waals surface area (Å²) in [5.41, 5.74) is 8.42. The first-order valence-electron chi connectivity index (χ1n) is 5.96. The van der Waals surface area contributed by atoms with Crippen LogP contribution in [0.25, 0.3) is 0 Å². The van der Waals surface area contributed by atoms with Gasteiger partial charge in [-0.2, -0.15) is 0 Å². The third-order valence-electron chi connectivity index (χ3n) is 2.81. The Morgan fingerprint density at radius 3 is 2.59 bits per heavy atom. The molecule has 0 aromatic heterocycles. The van der Waals surface area contributed by atoms with Crippen LogP contribution in [-0.2, 0) is 4.79 Å². The SMILES string of the molecule is CCN(CC)C(=O)CNc1cc(N)ccc1C. The Hall–Kier alpha value is -1.71. The van der Waals surface area contributed by atoms with Gasteiger partial charge in [0.1, 0.15) is 0 Å². The van der Waals surface area contributed by atoms with Crippen LogP contribution in [0.4, 0.5) is 11.4 Å². The van der Waals surface area contributed by atoms with Gasteiger partial charge >= 0.3 is 0 Å². The molecule has 0 heterocycles. The highest BCUT2D eigenvalue weighted by molar-refractivity contribution is 5.81. The summed E-state index contributed by atoms with van der Waals surface area (Å²) in [6, 6.07) is 5.65. The summed E-state index contributed by atoms with van der Waals surface area (Å²) >= 11 is 0. The highest BCUT2D eigenvalue weighted by Gasteiger charge is 2.09. The Kier molecular flexibility index (Phi) is 4.82. The lowest BCUT2D eigenvalue weighted by atomic mass is 10.2. The molecule has 0 atom stereocenters. The van der Waals surface area contributed by atoms with Gasteiger partial charge in [0.25, 0.3) is 0 Å². The molecule has 0 radical (unpaired) electrons. The van der Waals surface area contributed by atoms with Gasteiger partial charge in [-0.15, -0.1) is 0 Å². The third kappa shape index (κ3) is 3.66. The number of benzene rings is 1. The minimum Gasteiger partial charge on any atom is -0.399 e. The number of anilines is 2. The van der Waals surface area contributed by atoms with E-state index in [4.69, 9.17) is 5.73 Å². The molecular formula is C13H21N3O. The van der Waals surface area contributed by atoms with E-state index in [1.54, 1.807) is 4.90 Å². The third-order valence-corrected chi connectivity index (χ3v) is 2.81. The lowest BCUT2D eigenvalue weighted by molar-refractivity contribution is -0.128. The smallest absolute Gasteiger partial charge is 0.241 e. The molecule has 4 heteroatoms. The summed E-state index contributed by atoms with van der Waals surface area (Å²) in [5.74, 6) is 0.108. The molecule has 1 aromatic carbocycles. The van der Waals surface area contributed by atoms with Crippen LogP contribution >= 0.6 is 0 Å². The highest BCUT2D eigenvalue weighted by Crippen LogP contribution is 2.17. The molecule has 0 saturated heterocycles. The molecule has 94 valence electrons. The maximum Gasteiger partial charge on any atom is 0.241 e. The van der Waals surface area contributed by atoms with Crippen molar-refractivity contribution in [2.24, 2.45) is 0 Å². The van der Waals surface area contributed by atoms with Crippen LogP contribution in [0, 0.1) is 6.92 Å². The van der Waals surface area contributed by atoms with Crippen molar-refractivity contribution in [2.75, 3.05) is 30.7 Å². The number of nitrogens with one attached hydrogen (secondary N) is 1. The second-order valence-electron chi connectivity index (χ2n) is 3.99. The summed E-state index contributed by atoms with van der Waals surface area (Å²) < 4.78 is 0. The predicted octanol–water partition coefficient (Wildman–Crippen LogP) is 1.86. The number of hydrogen-bond acceptors (Lipinski definition) is 3.